The van der Waals surface area contributed by atoms with E-state index >= 15 is 0 Å². The van der Waals surface area contributed by atoms with E-state index in [0.29, 0.717) is 22.8 Å². The van der Waals surface area contributed by atoms with Gasteiger partial charge in [0.05, 0.1) is 24.0 Å². The Morgan fingerprint density at radius 3 is 2.35 bits per heavy atom. The van der Waals surface area contributed by atoms with Gasteiger partial charge in [0.1, 0.15) is 17.5 Å². The highest BCUT2D eigenvalue weighted by atomic mass is 32.2. The number of nitrogens with one attached hydrogen (secondary N) is 1. The number of amides is 1. The summed E-state index contributed by atoms with van der Waals surface area (Å²) in [5.74, 6) is 0.485. The molecule has 0 fully saturated rings. The lowest BCUT2D eigenvalue weighted by Crippen LogP contribution is -2.48. The molecule has 3 aromatic carbocycles. The summed E-state index contributed by atoms with van der Waals surface area (Å²) in [6.45, 7) is -0.125. The number of nitro benzene ring substituents is 1. The summed E-state index contributed by atoms with van der Waals surface area (Å²) in [5, 5.41) is 13.9. The first-order valence-corrected chi connectivity index (χ1v) is 12.7. The highest BCUT2D eigenvalue weighted by molar-refractivity contribution is 7.89. The maximum absolute atomic E-state index is 13.7. The fourth-order valence-corrected chi connectivity index (χ4v) is 5.60. The summed E-state index contributed by atoms with van der Waals surface area (Å²) in [6.07, 6.45) is 1.73. The minimum atomic E-state index is -4.21. The standard InChI is InChI=1S/C26H25N3O7S/c1-35-20-10-13-22(25(17-20)36-2)23-14-15-28(24(26(30)27-23)16-18-6-4-3-5-7-18)37(33,34)21-11-8-19(9-12-21)29(31)32/h3-14,17,24H,15-16H2,1-2H3,(H,27,30)/t24-/m0/s1. The summed E-state index contributed by atoms with van der Waals surface area (Å²) in [4.78, 5) is 23.8. The van der Waals surface area contributed by atoms with Gasteiger partial charge in [-0.1, -0.05) is 30.3 Å². The zero-order chi connectivity index (χ0) is 26.6. The lowest BCUT2D eigenvalue weighted by molar-refractivity contribution is -0.384. The Morgan fingerprint density at radius 1 is 1.03 bits per heavy atom. The van der Waals surface area contributed by atoms with Crippen LogP contribution in [0.1, 0.15) is 11.1 Å². The molecule has 1 amide bonds. The van der Waals surface area contributed by atoms with E-state index in [4.69, 9.17) is 9.47 Å². The lowest BCUT2D eigenvalue weighted by Gasteiger charge is -2.27. The van der Waals surface area contributed by atoms with Crippen molar-refractivity contribution in [3.8, 4) is 11.5 Å². The van der Waals surface area contributed by atoms with Crippen LogP contribution in [0, 0.1) is 10.1 Å². The number of rotatable bonds is 8. The number of hydrogen-bond donors (Lipinski definition) is 1. The Kier molecular flexibility index (Phi) is 7.55. The Hall–Kier alpha value is -4.22. The van der Waals surface area contributed by atoms with Gasteiger partial charge in [-0.05, 0) is 42.3 Å². The molecule has 1 heterocycles. The first kappa shape index (κ1) is 25.9. The highest BCUT2D eigenvalue weighted by Crippen LogP contribution is 2.31. The van der Waals surface area contributed by atoms with Crippen LogP contribution >= 0.6 is 0 Å². The van der Waals surface area contributed by atoms with Gasteiger partial charge < -0.3 is 14.8 Å². The minimum absolute atomic E-state index is 0.125. The van der Waals surface area contributed by atoms with E-state index in [1.807, 2.05) is 30.3 Å². The van der Waals surface area contributed by atoms with Crippen LogP contribution in [0.3, 0.4) is 0 Å². The normalized spacial score (nSPS) is 16.3. The Labute approximate surface area is 214 Å². The van der Waals surface area contributed by atoms with Crippen LogP contribution in [0.2, 0.25) is 0 Å². The van der Waals surface area contributed by atoms with Crippen LogP contribution < -0.4 is 14.8 Å². The number of sulfonamides is 1. The van der Waals surface area contributed by atoms with Crippen LogP contribution in [0.4, 0.5) is 5.69 Å². The van der Waals surface area contributed by atoms with Crippen molar-refractivity contribution in [2.24, 2.45) is 0 Å². The molecule has 10 nitrogen and oxygen atoms in total. The number of carbonyl (C=O) groups excluding carboxylic acids is 1. The average Bonchev–Trinajstić information content (AvgIpc) is 3.07. The Balaban J connectivity index is 1.77. The van der Waals surface area contributed by atoms with E-state index < -0.39 is 26.9 Å². The van der Waals surface area contributed by atoms with Crippen molar-refractivity contribution in [1.29, 1.82) is 0 Å². The molecule has 0 bridgehead atoms. The second-order valence-corrected chi connectivity index (χ2v) is 10.1. The van der Waals surface area contributed by atoms with Crippen molar-refractivity contribution in [2.75, 3.05) is 20.8 Å². The van der Waals surface area contributed by atoms with Gasteiger partial charge in [0.2, 0.25) is 15.9 Å². The number of nitrogens with zero attached hydrogens (tertiary/aromatic N) is 2. The molecule has 192 valence electrons. The van der Waals surface area contributed by atoms with Gasteiger partial charge in [-0.3, -0.25) is 14.9 Å². The molecule has 11 heteroatoms. The first-order valence-electron chi connectivity index (χ1n) is 11.3. The summed E-state index contributed by atoms with van der Waals surface area (Å²) in [5.41, 5.74) is 1.49. The number of non-ortho nitro benzene ring substituents is 1. The first-order chi connectivity index (χ1) is 17.7. The predicted molar refractivity (Wildman–Crippen MR) is 137 cm³/mol. The molecule has 1 aliphatic rings. The van der Waals surface area contributed by atoms with Crippen molar-refractivity contribution in [3.05, 3.63) is 100 Å². The van der Waals surface area contributed by atoms with Crippen LogP contribution in [-0.4, -0.2) is 50.4 Å². The number of benzene rings is 3. The average molecular weight is 524 g/mol. The maximum Gasteiger partial charge on any atom is 0.269 e. The summed E-state index contributed by atoms with van der Waals surface area (Å²) in [7, 11) is -1.20. The zero-order valence-corrected chi connectivity index (χ0v) is 21.0. The third kappa shape index (κ3) is 5.47. The third-order valence-corrected chi connectivity index (χ3v) is 7.90. The summed E-state index contributed by atoms with van der Waals surface area (Å²) >= 11 is 0. The fourth-order valence-electron chi connectivity index (χ4n) is 4.08. The van der Waals surface area contributed by atoms with E-state index in [0.717, 1.165) is 22.0 Å². The van der Waals surface area contributed by atoms with Crippen molar-refractivity contribution in [1.82, 2.24) is 9.62 Å². The van der Waals surface area contributed by atoms with Crippen LogP contribution in [0.5, 0.6) is 11.5 Å². The number of hydrogen-bond acceptors (Lipinski definition) is 7. The van der Waals surface area contributed by atoms with Crippen molar-refractivity contribution >= 4 is 27.3 Å². The maximum atomic E-state index is 13.7. The molecule has 0 aromatic heterocycles. The van der Waals surface area contributed by atoms with Crippen LogP contribution in [0.15, 0.2) is 83.8 Å². The monoisotopic (exact) mass is 523 g/mol. The van der Waals surface area contributed by atoms with E-state index in [1.54, 1.807) is 24.3 Å². The number of carbonyl (C=O) groups is 1. The highest BCUT2D eigenvalue weighted by Gasteiger charge is 2.38. The van der Waals surface area contributed by atoms with Gasteiger partial charge in [-0.25, -0.2) is 8.42 Å². The molecule has 0 aliphatic carbocycles. The molecular formula is C26H25N3O7S. The quantitative estimate of drug-likeness (QED) is 0.354. The third-order valence-electron chi connectivity index (χ3n) is 6.01. The van der Waals surface area contributed by atoms with Crippen LogP contribution in [-0.2, 0) is 21.2 Å². The van der Waals surface area contributed by atoms with E-state index in [1.165, 1.54) is 26.4 Å². The second-order valence-electron chi connectivity index (χ2n) is 8.20. The van der Waals surface area contributed by atoms with Crippen molar-refractivity contribution in [3.63, 3.8) is 0 Å². The molecule has 1 atom stereocenters. The molecule has 4 rings (SSSR count). The summed E-state index contributed by atoms with van der Waals surface area (Å²) in [6, 6.07) is 17.7. The largest absolute Gasteiger partial charge is 0.497 e. The molecule has 0 unspecified atom stereocenters. The molecule has 3 aromatic rings. The minimum Gasteiger partial charge on any atom is -0.497 e. The molecule has 0 radical (unpaired) electrons. The number of ether oxygens (including phenoxy) is 2. The molecule has 0 saturated carbocycles. The Morgan fingerprint density at radius 2 is 1.73 bits per heavy atom. The topological polar surface area (TPSA) is 128 Å². The van der Waals surface area contributed by atoms with E-state index in [-0.39, 0.29) is 23.5 Å². The van der Waals surface area contributed by atoms with E-state index in [2.05, 4.69) is 5.32 Å². The van der Waals surface area contributed by atoms with Gasteiger partial charge in [-0.15, -0.1) is 0 Å². The number of nitro groups is 1. The molecular weight excluding hydrogens is 498 g/mol. The summed E-state index contributed by atoms with van der Waals surface area (Å²) < 4.78 is 39.3. The predicted octanol–water partition coefficient (Wildman–Crippen LogP) is 3.38. The second kappa shape index (κ2) is 10.8. The number of methoxy groups -OCH3 is 2. The van der Waals surface area contributed by atoms with Crippen molar-refractivity contribution < 1.29 is 27.6 Å². The van der Waals surface area contributed by atoms with Gasteiger partial charge >= 0.3 is 0 Å². The zero-order valence-electron chi connectivity index (χ0n) is 20.2. The smallest absolute Gasteiger partial charge is 0.269 e. The molecule has 37 heavy (non-hydrogen) atoms. The van der Waals surface area contributed by atoms with Crippen LogP contribution in [0.25, 0.3) is 5.70 Å². The van der Waals surface area contributed by atoms with Gasteiger partial charge in [0.25, 0.3) is 5.69 Å². The fraction of sp³-hybridized carbons (Fsp3) is 0.192. The van der Waals surface area contributed by atoms with Gasteiger partial charge in [0.15, 0.2) is 0 Å². The van der Waals surface area contributed by atoms with Gasteiger partial charge in [-0.2, -0.15) is 4.31 Å². The molecule has 0 spiro atoms. The lowest BCUT2D eigenvalue weighted by atomic mass is 10.1. The van der Waals surface area contributed by atoms with E-state index in [9.17, 15) is 23.3 Å². The van der Waals surface area contributed by atoms with Gasteiger partial charge in [0, 0.05) is 36.0 Å². The molecule has 1 aliphatic heterocycles. The Bertz CT molecular complexity index is 1440. The van der Waals surface area contributed by atoms with Crippen molar-refractivity contribution in [2.45, 2.75) is 17.4 Å². The SMILES string of the molecule is COc1ccc(C2=CCN(S(=O)(=O)c3ccc([N+](=O)[O-])cc3)[C@@H](Cc3ccccc3)C(=O)N2)c(OC)c1. The molecule has 1 N–H and O–H groups in total. The molecule has 0 saturated heterocycles.